The van der Waals surface area contributed by atoms with E-state index in [4.69, 9.17) is 5.73 Å². The number of Topliss-reactive ketones (excluding diaryl/α,β-unsaturated/α-hetero) is 1. The van der Waals surface area contributed by atoms with Gasteiger partial charge in [-0.25, -0.2) is 4.79 Å². The lowest BCUT2D eigenvalue weighted by molar-refractivity contribution is 0.0942. The van der Waals surface area contributed by atoms with Gasteiger partial charge in [0.2, 0.25) is 0 Å². The molecule has 0 atom stereocenters. The van der Waals surface area contributed by atoms with Crippen LogP contribution in [0.15, 0.2) is 27.1 Å². The molecule has 0 aliphatic carbocycles. The number of carbonyl (C=O) groups is 1. The summed E-state index contributed by atoms with van der Waals surface area (Å²) in [6, 6.07) is 3.92. The standard InChI is InChI=1S/C15H20N4O3S/c1-3-6-19-13(16)12(14(21)17-15(19)22)11(20)9-18(2)8-10-5-4-7-23-10/h4-5,7H,3,6,8-9,16H2,1-2H3,(H,17,21,22). The molecule has 0 saturated carbocycles. The predicted molar refractivity (Wildman–Crippen MR) is 91.0 cm³/mol. The number of carbonyl (C=O) groups excluding carboxylic acids is 1. The number of nitrogen functional groups attached to an aromatic ring is 1. The number of hydrogen-bond acceptors (Lipinski definition) is 6. The zero-order chi connectivity index (χ0) is 17.0. The second-order valence-corrected chi connectivity index (χ2v) is 6.38. The molecule has 0 unspecified atom stereocenters. The number of aromatic nitrogens is 2. The van der Waals surface area contributed by atoms with Gasteiger partial charge in [-0.05, 0) is 24.9 Å². The van der Waals surface area contributed by atoms with Crippen LogP contribution in [-0.4, -0.2) is 33.8 Å². The highest BCUT2D eigenvalue weighted by Gasteiger charge is 2.20. The Kier molecular flexibility index (Phi) is 5.51. The van der Waals surface area contributed by atoms with E-state index in [-0.39, 0.29) is 17.9 Å². The Morgan fingerprint density at radius 2 is 2.17 bits per heavy atom. The Hall–Kier alpha value is -2.19. The van der Waals surface area contributed by atoms with Crippen molar-refractivity contribution in [2.75, 3.05) is 19.3 Å². The predicted octanol–water partition coefficient (Wildman–Crippen LogP) is 0.905. The molecule has 2 heterocycles. The molecule has 0 saturated heterocycles. The lowest BCUT2D eigenvalue weighted by atomic mass is 10.2. The Bertz CT molecular complexity index is 792. The molecule has 23 heavy (non-hydrogen) atoms. The van der Waals surface area contributed by atoms with Crippen molar-refractivity contribution in [3.8, 4) is 0 Å². The van der Waals surface area contributed by atoms with E-state index in [2.05, 4.69) is 4.98 Å². The quantitative estimate of drug-likeness (QED) is 0.732. The van der Waals surface area contributed by atoms with Crippen LogP contribution in [0.5, 0.6) is 0 Å². The van der Waals surface area contributed by atoms with Gasteiger partial charge in [-0.1, -0.05) is 13.0 Å². The number of ketones is 1. The number of nitrogens with two attached hydrogens (primary N) is 1. The molecule has 8 heteroatoms. The second-order valence-electron chi connectivity index (χ2n) is 5.35. The summed E-state index contributed by atoms with van der Waals surface area (Å²) in [6.07, 6.45) is 0.669. The fourth-order valence-electron chi connectivity index (χ4n) is 2.35. The van der Waals surface area contributed by atoms with E-state index in [0.717, 1.165) is 4.88 Å². The van der Waals surface area contributed by atoms with Gasteiger partial charge in [0.15, 0.2) is 5.78 Å². The van der Waals surface area contributed by atoms with Crippen molar-refractivity contribution < 1.29 is 4.79 Å². The number of aromatic amines is 1. The van der Waals surface area contributed by atoms with Crippen LogP contribution in [0.3, 0.4) is 0 Å². The van der Waals surface area contributed by atoms with Crippen molar-refractivity contribution in [1.29, 1.82) is 0 Å². The molecule has 0 aromatic carbocycles. The fraction of sp³-hybridized carbons (Fsp3) is 0.400. The maximum Gasteiger partial charge on any atom is 0.329 e. The van der Waals surface area contributed by atoms with Crippen LogP contribution in [0, 0.1) is 0 Å². The van der Waals surface area contributed by atoms with Gasteiger partial charge in [-0.3, -0.25) is 24.0 Å². The van der Waals surface area contributed by atoms with E-state index in [0.29, 0.717) is 19.5 Å². The van der Waals surface area contributed by atoms with Crippen LogP contribution < -0.4 is 17.0 Å². The number of nitrogens with zero attached hydrogens (tertiary/aromatic N) is 2. The van der Waals surface area contributed by atoms with Gasteiger partial charge in [0.05, 0.1) is 6.54 Å². The molecule has 0 radical (unpaired) electrons. The first-order valence-corrected chi connectivity index (χ1v) is 8.18. The van der Waals surface area contributed by atoms with Crippen molar-refractivity contribution in [2.45, 2.75) is 26.4 Å². The fourth-order valence-corrected chi connectivity index (χ4v) is 3.14. The van der Waals surface area contributed by atoms with E-state index in [1.165, 1.54) is 4.57 Å². The average Bonchev–Trinajstić information content (AvgIpc) is 2.95. The van der Waals surface area contributed by atoms with Crippen LogP contribution in [0.2, 0.25) is 0 Å². The number of thiophene rings is 1. The normalized spacial score (nSPS) is 11.1. The number of rotatable bonds is 7. The Morgan fingerprint density at radius 1 is 1.43 bits per heavy atom. The van der Waals surface area contributed by atoms with Crippen molar-refractivity contribution in [3.05, 3.63) is 48.8 Å². The summed E-state index contributed by atoms with van der Waals surface area (Å²) in [6.45, 7) is 2.89. The van der Waals surface area contributed by atoms with Gasteiger partial charge in [0, 0.05) is 18.0 Å². The molecule has 0 aliphatic rings. The molecule has 2 rings (SSSR count). The van der Waals surface area contributed by atoms with Crippen molar-refractivity contribution in [1.82, 2.24) is 14.5 Å². The molecule has 124 valence electrons. The van der Waals surface area contributed by atoms with Crippen LogP contribution in [0.25, 0.3) is 0 Å². The van der Waals surface area contributed by atoms with Gasteiger partial charge in [0.1, 0.15) is 11.4 Å². The van der Waals surface area contributed by atoms with Gasteiger partial charge in [-0.15, -0.1) is 11.3 Å². The molecule has 2 aromatic rings. The number of nitrogens with one attached hydrogen (secondary N) is 1. The first-order valence-electron chi connectivity index (χ1n) is 7.30. The van der Waals surface area contributed by atoms with Crippen LogP contribution >= 0.6 is 11.3 Å². The largest absolute Gasteiger partial charge is 0.384 e. The van der Waals surface area contributed by atoms with Crippen molar-refractivity contribution in [3.63, 3.8) is 0 Å². The summed E-state index contributed by atoms with van der Waals surface area (Å²) in [5.41, 5.74) is 4.43. The van der Waals surface area contributed by atoms with E-state index in [1.807, 2.05) is 29.3 Å². The van der Waals surface area contributed by atoms with Crippen LogP contribution in [0.1, 0.15) is 28.6 Å². The summed E-state index contributed by atoms with van der Waals surface area (Å²) in [5, 5.41) is 1.97. The SMILES string of the molecule is CCCn1c(N)c(C(=O)CN(C)Cc2cccs2)c(=O)[nH]c1=O. The summed E-state index contributed by atoms with van der Waals surface area (Å²) in [7, 11) is 1.80. The zero-order valence-electron chi connectivity index (χ0n) is 13.2. The van der Waals surface area contributed by atoms with Crippen molar-refractivity contribution in [2.24, 2.45) is 0 Å². The lowest BCUT2D eigenvalue weighted by Gasteiger charge is -2.16. The highest BCUT2D eigenvalue weighted by atomic mass is 32.1. The van der Waals surface area contributed by atoms with E-state index < -0.39 is 17.0 Å². The number of hydrogen-bond donors (Lipinski definition) is 2. The zero-order valence-corrected chi connectivity index (χ0v) is 14.0. The van der Waals surface area contributed by atoms with Gasteiger partial charge < -0.3 is 5.73 Å². The Morgan fingerprint density at radius 3 is 2.78 bits per heavy atom. The second kappa shape index (κ2) is 7.38. The van der Waals surface area contributed by atoms with Crippen LogP contribution in [-0.2, 0) is 13.1 Å². The highest BCUT2D eigenvalue weighted by Crippen LogP contribution is 2.12. The first-order chi connectivity index (χ1) is 10.9. The lowest BCUT2D eigenvalue weighted by Crippen LogP contribution is -2.38. The molecule has 0 aliphatic heterocycles. The molecular formula is C15H20N4O3S. The smallest absolute Gasteiger partial charge is 0.329 e. The first kappa shape index (κ1) is 17.2. The topological polar surface area (TPSA) is 101 Å². The highest BCUT2D eigenvalue weighted by molar-refractivity contribution is 7.09. The van der Waals surface area contributed by atoms with Gasteiger partial charge >= 0.3 is 5.69 Å². The number of likely N-dealkylation sites (N-methyl/N-ethyl adjacent to an activating group) is 1. The molecule has 0 fully saturated rings. The molecular weight excluding hydrogens is 316 g/mol. The monoisotopic (exact) mass is 336 g/mol. The van der Waals surface area contributed by atoms with E-state index in [9.17, 15) is 14.4 Å². The molecule has 7 nitrogen and oxygen atoms in total. The van der Waals surface area contributed by atoms with Crippen LogP contribution in [0.4, 0.5) is 5.82 Å². The minimum atomic E-state index is -0.727. The number of H-pyrrole nitrogens is 1. The third-order valence-corrected chi connectivity index (χ3v) is 4.25. The third kappa shape index (κ3) is 3.96. The van der Waals surface area contributed by atoms with E-state index in [1.54, 1.807) is 18.4 Å². The third-order valence-electron chi connectivity index (χ3n) is 3.39. The number of anilines is 1. The van der Waals surface area contributed by atoms with Gasteiger partial charge in [0.25, 0.3) is 5.56 Å². The molecule has 3 N–H and O–H groups in total. The Labute approximate surface area is 137 Å². The average molecular weight is 336 g/mol. The van der Waals surface area contributed by atoms with Crippen molar-refractivity contribution >= 4 is 22.9 Å². The minimum absolute atomic E-state index is 0.0511. The summed E-state index contributed by atoms with van der Waals surface area (Å²) >= 11 is 1.60. The molecule has 2 aromatic heterocycles. The van der Waals surface area contributed by atoms with Gasteiger partial charge in [-0.2, -0.15) is 0 Å². The summed E-state index contributed by atoms with van der Waals surface area (Å²) in [5.74, 6) is -0.456. The molecule has 0 spiro atoms. The molecule has 0 bridgehead atoms. The minimum Gasteiger partial charge on any atom is -0.384 e. The Balaban J connectivity index is 2.23. The molecule has 0 amide bonds. The maximum atomic E-state index is 12.4. The summed E-state index contributed by atoms with van der Waals surface area (Å²) in [4.78, 5) is 41.3. The maximum absolute atomic E-state index is 12.4. The van der Waals surface area contributed by atoms with E-state index >= 15 is 0 Å². The summed E-state index contributed by atoms with van der Waals surface area (Å²) < 4.78 is 1.23.